The molecule has 4 nitrogen and oxygen atoms in total. The molecule has 2 aromatic rings. The average molecular weight is 276 g/mol. The lowest BCUT2D eigenvalue weighted by molar-refractivity contribution is -0.678. The van der Waals surface area contributed by atoms with E-state index >= 15 is 0 Å². The van der Waals surface area contributed by atoms with Crippen LogP contribution in [0.2, 0.25) is 0 Å². The summed E-state index contributed by atoms with van der Waals surface area (Å²) in [5.41, 5.74) is 2.57. The topological polar surface area (TPSA) is 55.5 Å². The van der Waals surface area contributed by atoms with Crippen LogP contribution in [0.3, 0.4) is 0 Å². The van der Waals surface area contributed by atoms with E-state index < -0.39 is 0 Å². The highest BCUT2D eigenvalue weighted by Crippen LogP contribution is 2.24. The Hall–Kier alpha value is -1.33. The molecule has 2 heterocycles. The SMILES string of the molecule is Cc1cccc(CSc2nnc([C@@H]3CCC[NH2+]3)o2)c1. The van der Waals surface area contributed by atoms with Crippen LogP contribution in [-0.2, 0) is 5.75 Å². The number of aromatic nitrogens is 2. The third kappa shape index (κ3) is 3.16. The van der Waals surface area contributed by atoms with Crippen molar-refractivity contribution in [2.75, 3.05) is 6.54 Å². The Balaban J connectivity index is 1.61. The molecule has 3 rings (SSSR count). The zero-order valence-corrected chi connectivity index (χ0v) is 11.8. The van der Waals surface area contributed by atoms with Crippen LogP contribution in [-0.4, -0.2) is 16.7 Å². The van der Waals surface area contributed by atoms with Gasteiger partial charge in [-0.2, -0.15) is 0 Å². The number of nitrogens with zero attached hydrogens (tertiary/aromatic N) is 2. The molecule has 1 aliphatic rings. The quantitative estimate of drug-likeness (QED) is 0.869. The molecule has 1 atom stereocenters. The lowest BCUT2D eigenvalue weighted by Crippen LogP contribution is -2.81. The number of benzene rings is 1. The minimum atomic E-state index is 0.376. The summed E-state index contributed by atoms with van der Waals surface area (Å²) in [6, 6.07) is 8.88. The van der Waals surface area contributed by atoms with Crippen LogP contribution in [0.15, 0.2) is 33.9 Å². The standard InChI is InChI=1S/C14H17N3OS/c1-10-4-2-5-11(8-10)9-19-14-17-16-13(18-14)12-6-3-7-15-12/h2,4-5,8,12,15H,3,6-7,9H2,1H3/p+1/t12-/m0/s1. The Labute approximate surface area is 117 Å². The van der Waals surface area contributed by atoms with Crippen molar-refractivity contribution in [3.05, 3.63) is 41.3 Å². The van der Waals surface area contributed by atoms with Crippen LogP contribution in [0.25, 0.3) is 0 Å². The molecule has 0 radical (unpaired) electrons. The van der Waals surface area contributed by atoms with Crippen LogP contribution in [0, 0.1) is 6.92 Å². The molecular weight excluding hydrogens is 258 g/mol. The van der Waals surface area contributed by atoms with Crippen LogP contribution in [0.5, 0.6) is 0 Å². The molecule has 0 bridgehead atoms. The van der Waals surface area contributed by atoms with Gasteiger partial charge in [-0.3, -0.25) is 0 Å². The summed E-state index contributed by atoms with van der Waals surface area (Å²) >= 11 is 1.61. The lowest BCUT2D eigenvalue weighted by Gasteiger charge is -2.00. The zero-order chi connectivity index (χ0) is 13.1. The lowest BCUT2D eigenvalue weighted by atomic mass is 10.2. The second-order valence-electron chi connectivity index (χ2n) is 4.96. The van der Waals surface area contributed by atoms with Gasteiger partial charge in [0.15, 0.2) is 6.04 Å². The van der Waals surface area contributed by atoms with Crippen molar-refractivity contribution >= 4 is 11.8 Å². The van der Waals surface area contributed by atoms with Crippen LogP contribution >= 0.6 is 11.8 Å². The molecule has 19 heavy (non-hydrogen) atoms. The van der Waals surface area contributed by atoms with E-state index in [9.17, 15) is 0 Å². The van der Waals surface area contributed by atoms with Crippen LogP contribution in [0.4, 0.5) is 0 Å². The molecule has 100 valence electrons. The van der Waals surface area contributed by atoms with E-state index in [2.05, 4.69) is 46.7 Å². The first kappa shape index (κ1) is 12.7. The Morgan fingerprint density at radius 3 is 3.16 bits per heavy atom. The van der Waals surface area contributed by atoms with Crippen molar-refractivity contribution in [2.24, 2.45) is 0 Å². The highest BCUT2D eigenvalue weighted by atomic mass is 32.2. The largest absolute Gasteiger partial charge is 0.410 e. The molecule has 1 aliphatic heterocycles. The summed E-state index contributed by atoms with van der Waals surface area (Å²) in [5.74, 6) is 1.65. The molecule has 0 saturated carbocycles. The predicted octanol–water partition coefficient (Wildman–Crippen LogP) is 2.07. The van der Waals surface area contributed by atoms with Gasteiger partial charge in [-0.1, -0.05) is 41.6 Å². The third-order valence-electron chi connectivity index (χ3n) is 3.35. The first-order valence-electron chi connectivity index (χ1n) is 6.66. The van der Waals surface area contributed by atoms with E-state index in [-0.39, 0.29) is 0 Å². The van der Waals surface area contributed by atoms with E-state index in [0.29, 0.717) is 11.3 Å². The van der Waals surface area contributed by atoms with Gasteiger partial charge in [0.2, 0.25) is 0 Å². The monoisotopic (exact) mass is 276 g/mol. The van der Waals surface area contributed by atoms with Gasteiger partial charge < -0.3 is 9.73 Å². The van der Waals surface area contributed by atoms with Gasteiger partial charge in [0.25, 0.3) is 11.1 Å². The Morgan fingerprint density at radius 1 is 1.42 bits per heavy atom. The second kappa shape index (κ2) is 5.75. The van der Waals surface area contributed by atoms with Gasteiger partial charge in [-0.15, -0.1) is 10.2 Å². The maximum absolute atomic E-state index is 5.73. The molecule has 5 heteroatoms. The highest BCUT2D eigenvalue weighted by Gasteiger charge is 2.26. The van der Waals surface area contributed by atoms with E-state index in [1.165, 1.54) is 24.1 Å². The minimum Gasteiger partial charge on any atom is -0.410 e. The number of rotatable bonds is 4. The molecular formula is C14H18N3OS+. The smallest absolute Gasteiger partial charge is 0.277 e. The van der Waals surface area contributed by atoms with Crippen molar-refractivity contribution < 1.29 is 9.73 Å². The fourth-order valence-corrected chi connectivity index (χ4v) is 3.09. The van der Waals surface area contributed by atoms with E-state index in [4.69, 9.17) is 4.42 Å². The van der Waals surface area contributed by atoms with Gasteiger partial charge in [0, 0.05) is 18.6 Å². The highest BCUT2D eigenvalue weighted by molar-refractivity contribution is 7.98. The van der Waals surface area contributed by atoms with E-state index in [0.717, 1.165) is 18.1 Å². The molecule has 1 aromatic carbocycles. The van der Waals surface area contributed by atoms with Crippen LogP contribution < -0.4 is 5.32 Å². The Morgan fingerprint density at radius 2 is 2.37 bits per heavy atom. The number of quaternary nitrogens is 1. The van der Waals surface area contributed by atoms with Crippen molar-refractivity contribution in [3.63, 3.8) is 0 Å². The molecule has 1 aromatic heterocycles. The van der Waals surface area contributed by atoms with Crippen molar-refractivity contribution in [2.45, 2.75) is 36.8 Å². The summed E-state index contributed by atoms with van der Waals surface area (Å²) < 4.78 is 5.73. The summed E-state index contributed by atoms with van der Waals surface area (Å²) in [6.07, 6.45) is 2.38. The van der Waals surface area contributed by atoms with Gasteiger partial charge in [0.05, 0.1) is 6.54 Å². The number of thioether (sulfide) groups is 1. The van der Waals surface area contributed by atoms with Crippen molar-refractivity contribution in [3.8, 4) is 0 Å². The maximum Gasteiger partial charge on any atom is 0.277 e. The number of aryl methyl sites for hydroxylation is 1. The van der Waals surface area contributed by atoms with Gasteiger partial charge in [-0.05, 0) is 12.5 Å². The number of hydrogen-bond donors (Lipinski definition) is 1. The molecule has 0 amide bonds. The van der Waals surface area contributed by atoms with Gasteiger partial charge >= 0.3 is 0 Å². The molecule has 1 saturated heterocycles. The Kier molecular flexibility index (Phi) is 3.84. The minimum absolute atomic E-state index is 0.376. The zero-order valence-electron chi connectivity index (χ0n) is 11.0. The first-order chi connectivity index (χ1) is 9.31. The first-order valence-corrected chi connectivity index (χ1v) is 7.65. The summed E-state index contributed by atoms with van der Waals surface area (Å²) in [5, 5.41) is 11.2. The van der Waals surface area contributed by atoms with Gasteiger partial charge in [-0.25, -0.2) is 0 Å². The average Bonchev–Trinajstić information content (AvgIpc) is 3.07. The number of hydrogen-bond acceptors (Lipinski definition) is 4. The fraction of sp³-hybridized carbons (Fsp3) is 0.429. The molecule has 1 fully saturated rings. The summed E-state index contributed by atoms with van der Waals surface area (Å²) in [6.45, 7) is 3.27. The molecule has 0 unspecified atom stereocenters. The third-order valence-corrected chi connectivity index (χ3v) is 4.24. The second-order valence-corrected chi connectivity index (χ2v) is 5.88. The normalized spacial score (nSPS) is 18.9. The van der Waals surface area contributed by atoms with E-state index in [1.807, 2.05) is 0 Å². The summed E-state index contributed by atoms with van der Waals surface area (Å²) in [4.78, 5) is 0. The van der Waals surface area contributed by atoms with Crippen LogP contribution in [0.1, 0.15) is 35.9 Å². The van der Waals surface area contributed by atoms with Crippen molar-refractivity contribution in [1.82, 2.24) is 10.2 Å². The molecule has 2 N–H and O–H groups in total. The molecule has 0 aliphatic carbocycles. The predicted molar refractivity (Wildman–Crippen MR) is 73.8 cm³/mol. The molecule has 0 spiro atoms. The Bertz CT molecular complexity index is 549. The number of nitrogens with two attached hydrogens (primary N) is 1. The maximum atomic E-state index is 5.73. The summed E-state index contributed by atoms with van der Waals surface area (Å²) in [7, 11) is 0. The van der Waals surface area contributed by atoms with Crippen molar-refractivity contribution in [1.29, 1.82) is 0 Å². The van der Waals surface area contributed by atoms with Gasteiger partial charge in [0.1, 0.15) is 0 Å². The van der Waals surface area contributed by atoms with E-state index in [1.54, 1.807) is 11.8 Å². The fourth-order valence-electron chi connectivity index (χ4n) is 2.37.